The standard InChI is InChI=1S/C25H38N4O2/c1-20-7-5-6-10-23(20)28-17-15-27(16-18-28)19-24(30)26-22-11-13-29(14-12-22)25(31)21-8-3-2-4-9-21/h5-7,10,21-22H,2-4,8-9,11-19H2,1H3,(H,26,30). The number of hydrogen-bond acceptors (Lipinski definition) is 4. The van der Waals surface area contributed by atoms with Gasteiger partial charge in [0.1, 0.15) is 0 Å². The van der Waals surface area contributed by atoms with Gasteiger partial charge in [-0.05, 0) is 44.2 Å². The van der Waals surface area contributed by atoms with E-state index in [4.69, 9.17) is 0 Å². The third-order valence-corrected chi connectivity index (χ3v) is 7.32. The minimum Gasteiger partial charge on any atom is -0.369 e. The molecule has 1 aromatic rings. The molecule has 170 valence electrons. The topological polar surface area (TPSA) is 55.9 Å². The van der Waals surface area contributed by atoms with Crippen LogP contribution in [0.3, 0.4) is 0 Å². The molecule has 4 rings (SSSR count). The lowest BCUT2D eigenvalue weighted by atomic mass is 9.87. The summed E-state index contributed by atoms with van der Waals surface area (Å²) >= 11 is 0. The Balaban J connectivity index is 1.16. The van der Waals surface area contributed by atoms with Gasteiger partial charge in [-0.3, -0.25) is 14.5 Å². The summed E-state index contributed by atoms with van der Waals surface area (Å²) in [5, 5.41) is 3.23. The molecular weight excluding hydrogens is 388 g/mol. The molecular formula is C25H38N4O2. The number of rotatable bonds is 5. The van der Waals surface area contributed by atoms with Crippen LogP contribution in [0.4, 0.5) is 5.69 Å². The quantitative estimate of drug-likeness (QED) is 0.787. The number of likely N-dealkylation sites (tertiary alicyclic amines) is 1. The molecule has 0 bridgehead atoms. The molecule has 6 heteroatoms. The Morgan fingerprint density at radius 3 is 2.26 bits per heavy atom. The molecule has 0 atom stereocenters. The van der Waals surface area contributed by atoms with Crippen LogP contribution in [-0.2, 0) is 9.59 Å². The van der Waals surface area contributed by atoms with Crippen LogP contribution in [-0.4, -0.2) is 73.5 Å². The van der Waals surface area contributed by atoms with Gasteiger partial charge < -0.3 is 15.1 Å². The Hall–Kier alpha value is -2.08. The van der Waals surface area contributed by atoms with Crippen LogP contribution in [0.1, 0.15) is 50.5 Å². The highest BCUT2D eigenvalue weighted by molar-refractivity contribution is 5.79. The summed E-state index contributed by atoms with van der Waals surface area (Å²) in [6.45, 7) is 7.95. The van der Waals surface area contributed by atoms with Gasteiger partial charge >= 0.3 is 0 Å². The number of amides is 2. The molecule has 0 radical (unpaired) electrons. The van der Waals surface area contributed by atoms with Gasteiger partial charge in [-0.25, -0.2) is 0 Å². The fourth-order valence-corrected chi connectivity index (χ4v) is 5.39. The molecule has 2 heterocycles. The molecule has 0 unspecified atom stereocenters. The van der Waals surface area contributed by atoms with Crippen LogP contribution in [0.15, 0.2) is 24.3 Å². The first-order chi connectivity index (χ1) is 15.1. The van der Waals surface area contributed by atoms with E-state index >= 15 is 0 Å². The Kier molecular flexibility index (Phi) is 7.49. The maximum Gasteiger partial charge on any atom is 0.234 e. The SMILES string of the molecule is Cc1ccccc1N1CCN(CC(=O)NC2CCN(C(=O)C3CCCCC3)CC2)CC1. The highest BCUT2D eigenvalue weighted by atomic mass is 16.2. The van der Waals surface area contributed by atoms with E-state index in [2.05, 4.69) is 46.3 Å². The van der Waals surface area contributed by atoms with Gasteiger partial charge in [-0.2, -0.15) is 0 Å². The van der Waals surface area contributed by atoms with E-state index < -0.39 is 0 Å². The van der Waals surface area contributed by atoms with Crippen LogP contribution in [0.5, 0.6) is 0 Å². The predicted molar refractivity (Wildman–Crippen MR) is 124 cm³/mol. The van der Waals surface area contributed by atoms with Crippen molar-refractivity contribution in [3.8, 4) is 0 Å². The lowest BCUT2D eigenvalue weighted by Crippen LogP contribution is -2.52. The third-order valence-electron chi connectivity index (χ3n) is 7.32. The van der Waals surface area contributed by atoms with Crippen LogP contribution in [0.25, 0.3) is 0 Å². The number of aryl methyl sites for hydroxylation is 1. The summed E-state index contributed by atoms with van der Waals surface area (Å²) in [7, 11) is 0. The zero-order valence-corrected chi connectivity index (χ0v) is 19.0. The molecule has 3 aliphatic rings. The van der Waals surface area contributed by atoms with Gasteiger partial charge in [-0.1, -0.05) is 37.5 Å². The van der Waals surface area contributed by atoms with Crippen molar-refractivity contribution in [1.29, 1.82) is 0 Å². The van der Waals surface area contributed by atoms with Gasteiger partial charge in [0.25, 0.3) is 0 Å². The molecule has 0 spiro atoms. The van der Waals surface area contributed by atoms with Gasteiger partial charge in [0.05, 0.1) is 6.54 Å². The molecule has 2 amide bonds. The number of piperidine rings is 1. The minimum absolute atomic E-state index is 0.126. The van der Waals surface area contributed by atoms with Crippen LogP contribution < -0.4 is 10.2 Å². The Morgan fingerprint density at radius 1 is 0.903 bits per heavy atom. The minimum atomic E-state index is 0.126. The van der Waals surface area contributed by atoms with Crippen LogP contribution in [0.2, 0.25) is 0 Å². The molecule has 1 saturated carbocycles. The summed E-state index contributed by atoms with van der Waals surface area (Å²) in [4.78, 5) is 32.0. The van der Waals surface area contributed by atoms with Gasteiger partial charge in [-0.15, -0.1) is 0 Å². The summed E-state index contributed by atoms with van der Waals surface area (Å²) in [6, 6.07) is 8.72. The number of anilines is 1. The predicted octanol–water partition coefficient (Wildman–Crippen LogP) is 2.80. The second-order valence-electron chi connectivity index (χ2n) is 9.55. The molecule has 6 nitrogen and oxygen atoms in total. The van der Waals surface area contributed by atoms with Crippen molar-refractivity contribution in [3.63, 3.8) is 0 Å². The third kappa shape index (κ3) is 5.79. The molecule has 2 aliphatic heterocycles. The number of para-hydroxylation sites is 1. The van der Waals surface area contributed by atoms with Crippen LogP contribution >= 0.6 is 0 Å². The van der Waals surface area contributed by atoms with E-state index in [1.807, 2.05) is 4.90 Å². The summed E-state index contributed by atoms with van der Waals surface area (Å²) < 4.78 is 0. The monoisotopic (exact) mass is 426 g/mol. The molecule has 31 heavy (non-hydrogen) atoms. The maximum absolute atomic E-state index is 12.7. The second kappa shape index (κ2) is 10.5. The van der Waals surface area contributed by atoms with Crippen molar-refractivity contribution >= 4 is 17.5 Å². The summed E-state index contributed by atoms with van der Waals surface area (Å²) in [5.74, 6) is 0.732. The van der Waals surface area contributed by atoms with E-state index in [0.29, 0.717) is 12.5 Å². The molecule has 3 fully saturated rings. The number of piperazine rings is 1. The number of hydrogen-bond donors (Lipinski definition) is 1. The van der Waals surface area contributed by atoms with Crippen molar-refractivity contribution in [2.75, 3.05) is 50.7 Å². The van der Waals surface area contributed by atoms with E-state index in [1.165, 1.54) is 30.5 Å². The lowest BCUT2D eigenvalue weighted by molar-refractivity contribution is -0.137. The molecule has 0 aromatic heterocycles. The molecule has 1 N–H and O–H groups in total. The van der Waals surface area contributed by atoms with Crippen molar-refractivity contribution in [2.45, 2.75) is 57.9 Å². The summed E-state index contributed by atoms with van der Waals surface area (Å²) in [5.41, 5.74) is 2.61. The van der Waals surface area contributed by atoms with E-state index in [1.54, 1.807) is 0 Å². The zero-order valence-electron chi connectivity index (χ0n) is 19.0. The largest absolute Gasteiger partial charge is 0.369 e. The van der Waals surface area contributed by atoms with E-state index in [0.717, 1.165) is 65.0 Å². The fraction of sp³-hybridized carbons (Fsp3) is 0.680. The first kappa shape index (κ1) is 22.1. The first-order valence-corrected chi connectivity index (χ1v) is 12.2. The number of nitrogens with zero attached hydrogens (tertiary/aromatic N) is 3. The van der Waals surface area contributed by atoms with Crippen molar-refractivity contribution in [3.05, 3.63) is 29.8 Å². The normalized spacial score (nSPS) is 21.8. The zero-order chi connectivity index (χ0) is 21.6. The molecule has 1 aromatic carbocycles. The average Bonchev–Trinajstić information content (AvgIpc) is 2.81. The molecule has 1 aliphatic carbocycles. The number of carbonyl (C=O) groups excluding carboxylic acids is 2. The van der Waals surface area contributed by atoms with Crippen molar-refractivity contribution < 1.29 is 9.59 Å². The summed E-state index contributed by atoms with van der Waals surface area (Å²) in [6.07, 6.45) is 7.55. The van der Waals surface area contributed by atoms with Crippen LogP contribution in [0, 0.1) is 12.8 Å². The Labute approximate surface area is 187 Å². The lowest BCUT2D eigenvalue weighted by Gasteiger charge is -2.37. The maximum atomic E-state index is 12.7. The molecule has 2 saturated heterocycles. The Morgan fingerprint density at radius 2 is 1.58 bits per heavy atom. The Bertz CT molecular complexity index is 746. The highest BCUT2D eigenvalue weighted by Gasteiger charge is 2.30. The first-order valence-electron chi connectivity index (χ1n) is 12.2. The average molecular weight is 427 g/mol. The van der Waals surface area contributed by atoms with Gasteiger partial charge in [0, 0.05) is 56.9 Å². The number of benzene rings is 1. The van der Waals surface area contributed by atoms with Gasteiger partial charge in [0.15, 0.2) is 0 Å². The van der Waals surface area contributed by atoms with E-state index in [-0.39, 0.29) is 17.9 Å². The highest BCUT2D eigenvalue weighted by Crippen LogP contribution is 2.26. The number of carbonyl (C=O) groups is 2. The van der Waals surface area contributed by atoms with Crippen molar-refractivity contribution in [2.24, 2.45) is 5.92 Å². The second-order valence-corrected chi connectivity index (χ2v) is 9.55. The van der Waals surface area contributed by atoms with Crippen molar-refractivity contribution in [1.82, 2.24) is 15.1 Å². The fourth-order valence-electron chi connectivity index (χ4n) is 5.39. The van der Waals surface area contributed by atoms with E-state index in [9.17, 15) is 9.59 Å². The van der Waals surface area contributed by atoms with Gasteiger partial charge in [0.2, 0.25) is 11.8 Å². The number of nitrogens with one attached hydrogen (secondary N) is 1. The smallest absolute Gasteiger partial charge is 0.234 e.